The molecule has 0 saturated carbocycles. The van der Waals surface area contributed by atoms with Gasteiger partial charge in [0, 0.05) is 19.8 Å². The van der Waals surface area contributed by atoms with Gasteiger partial charge in [-0.05, 0) is 32.7 Å². The van der Waals surface area contributed by atoms with Crippen molar-refractivity contribution in [3.05, 3.63) is 0 Å². The zero-order valence-corrected chi connectivity index (χ0v) is 8.55. The molecule has 1 saturated heterocycles. The summed E-state index contributed by atoms with van der Waals surface area (Å²) >= 11 is 0. The Hall–Kier alpha value is -0.120. The van der Waals surface area contributed by atoms with Gasteiger partial charge < -0.3 is 14.8 Å². The predicted molar refractivity (Wildman–Crippen MR) is 53.0 cm³/mol. The molecule has 3 heteroatoms. The minimum Gasteiger partial charge on any atom is -0.380 e. The summed E-state index contributed by atoms with van der Waals surface area (Å²) < 4.78 is 10.9. The fourth-order valence-electron chi connectivity index (χ4n) is 1.56. The molecule has 0 bridgehead atoms. The molecule has 1 aliphatic heterocycles. The molecule has 0 radical (unpaired) electrons. The van der Waals surface area contributed by atoms with Crippen LogP contribution in [0.2, 0.25) is 0 Å². The molecule has 0 spiro atoms. The Balaban J connectivity index is 1.78. The number of ether oxygens (including phenoxy) is 2. The van der Waals surface area contributed by atoms with Gasteiger partial charge >= 0.3 is 0 Å². The van der Waals surface area contributed by atoms with E-state index in [0.29, 0.717) is 6.10 Å². The number of hydrogen-bond acceptors (Lipinski definition) is 3. The minimum absolute atomic E-state index is 0.521. The molecular formula is C10H21NO2. The molecule has 1 atom stereocenters. The van der Waals surface area contributed by atoms with Crippen LogP contribution in [0.4, 0.5) is 0 Å². The summed E-state index contributed by atoms with van der Waals surface area (Å²) in [7, 11) is 1.94. The largest absolute Gasteiger partial charge is 0.380 e. The molecule has 0 amide bonds. The number of hydrogen-bond donors (Lipinski definition) is 1. The van der Waals surface area contributed by atoms with Gasteiger partial charge in [-0.15, -0.1) is 0 Å². The maximum atomic E-state index is 5.51. The van der Waals surface area contributed by atoms with E-state index in [-0.39, 0.29) is 0 Å². The minimum atomic E-state index is 0.521. The van der Waals surface area contributed by atoms with Gasteiger partial charge in [0.1, 0.15) is 0 Å². The highest BCUT2D eigenvalue weighted by Crippen LogP contribution is 2.16. The van der Waals surface area contributed by atoms with Crippen molar-refractivity contribution >= 4 is 0 Å². The van der Waals surface area contributed by atoms with Crippen molar-refractivity contribution in [1.29, 1.82) is 0 Å². The van der Waals surface area contributed by atoms with Gasteiger partial charge in [0.05, 0.1) is 12.7 Å². The van der Waals surface area contributed by atoms with Crippen molar-refractivity contribution < 1.29 is 9.47 Å². The van der Waals surface area contributed by atoms with Gasteiger partial charge in [0.2, 0.25) is 0 Å². The van der Waals surface area contributed by atoms with Gasteiger partial charge in [-0.3, -0.25) is 0 Å². The first-order valence-corrected chi connectivity index (χ1v) is 5.27. The lowest BCUT2D eigenvalue weighted by Gasteiger charge is -2.08. The van der Waals surface area contributed by atoms with E-state index in [1.54, 1.807) is 0 Å². The fraction of sp³-hybridized carbons (Fsp3) is 1.00. The second kappa shape index (κ2) is 7.30. The average Bonchev–Trinajstić information content (AvgIpc) is 2.63. The summed E-state index contributed by atoms with van der Waals surface area (Å²) in [6.07, 6.45) is 5.31. The molecule has 13 heavy (non-hydrogen) atoms. The van der Waals surface area contributed by atoms with Gasteiger partial charge in [-0.2, -0.15) is 0 Å². The summed E-state index contributed by atoms with van der Waals surface area (Å²) in [5.41, 5.74) is 0. The molecular weight excluding hydrogens is 166 g/mol. The summed E-state index contributed by atoms with van der Waals surface area (Å²) in [5, 5.41) is 3.05. The van der Waals surface area contributed by atoms with E-state index >= 15 is 0 Å². The van der Waals surface area contributed by atoms with E-state index < -0.39 is 0 Å². The summed E-state index contributed by atoms with van der Waals surface area (Å²) in [4.78, 5) is 0. The summed E-state index contributed by atoms with van der Waals surface area (Å²) in [5.74, 6) is 0. The lowest BCUT2D eigenvalue weighted by Crippen LogP contribution is -2.15. The first kappa shape index (κ1) is 11.0. The third kappa shape index (κ3) is 5.24. The Morgan fingerprint density at radius 3 is 3.08 bits per heavy atom. The van der Waals surface area contributed by atoms with E-state index in [4.69, 9.17) is 9.47 Å². The van der Waals surface area contributed by atoms with Crippen molar-refractivity contribution in [3.8, 4) is 0 Å². The monoisotopic (exact) mass is 187 g/mol. The van der Waals surface area contributed by atoms with Crippen LogP contribution in [0.25, 0.3) is 0 Å². The van der Waals surface area contributed by atoms with E-state index in [1.807, 2.05) is 7.05 Å². The van der Waals surface area contributed by atoms with Gasteiger partial charge in [-0.1, -0.05) is 0 Å². The van der Waals surface area contributed by atoms with Crippen LogP contribution in [0, 0.1) is 0 Å². The Morgan fingerprint density at radius 1 is 1.46 bits per heavy atom. The molecule has 1 N–H and O–H groups in total. The maximum Gasteiger partial charge on any atom is 0.0590 e. The van der Waals surface area contributed by atoms with E-state index in [0.717, 1.165) is 32.8 Å². The highest BCUT2D eigenvalue weighted by Gasteiger charge is 2.14. The van der Waals surface area contributed by atoms with Crippen LogP contribution >= 0.6 is 0 Å². The first-order valence-electron chi connectivity index (χ1n) is 5.27. The Kier molecular flexibility index (Phi) is 6.15. The highest BCUT2D eigenvalue weighted by molar-refractivity contribution is 4.64. The van der Waals surface area contributed by atoms with Crippen molar-refractivity contribution in [1.82, 2.24) is 5.32 Å². The smallest absolute Gasteiger partial charge is 0.0590 e. The third-order valence-electron chi connectivity index (χ3n) is 2.34. The second-order valence-corrected chi connectivity index (χ2v) is 3.49. The molecule has 3 nitrogen and oxygen atoms in total. The molecule has 0 aromatic carbocycles. The van der Waals surface area contributed by atoms with E-state index in [1.165, 1.54) is 19.3 Å². The Bertz CT molecular complexity index is 113. The van der Waals surface area contributed by atoms with Crippen LogP contribution in [-0.2, 0) is 9.47 Å². The predicted octanol–water partition coefficient (Wildman–Crippen LogP) is 1.18. The fourth-order valence-corrected chi connectivity index (χ4v) is 1.56. The third-order valence-corrected chi connectivity index (χ3v) is 2.34. The maximum absolute atomic E-state index is 5.51. The number of likely N-dealkylation sites (N-methyl/N-ethyl adjacent to an activating group) is 1. The van der Waals surface area contributed by atoms with Gasteiger partial charge in [0.15, 0.2) is 0 Å². The lowest BCUT2D eigenvalue weighted by atomic mass is 10.1. The van der Waals surface area contributed by atoms with Crippen LogP contribution in [0.5, 0.6) is 0 Å². The molecule has 0 aliphatic carbocycles. The molecule has 1 fully saturated rings. The quantitative estimate of drug-likeness (QED) is 0.607. The van der Waals surface area contributed by atoms with Gasteiger partial charge in [-0.25, -0.2) is 0 Å². The standard InChI is InChI=1S/C10H21NO2/c1-11-6-9-12-7-2-4-10-5-3-8-13-10/h10-11H,2-9H2,1H3. The van der Waals surface area contributed by atoms with Crippen molar-refractivity contribution in [2.45, 2.75) is 31.8 Å². The lowest BCUT2D eigenvalue weighted by molar-refractivity contribution is 0.0828. The van der Waals surface area contributed by atoms with Crippen LogP contribution in [0.3, 0.4) is 0 Å². The zero-order valence-electron chi connectivity index (χ0n) is 8.55. The molecule has 1 aliphatic rings. The van der Waals surface area contributed by atoms with Gasteiger partial charge in [0.25, 0.3) is 0 Å². The highest BCUT2D eigenvalue weighted by atomic mass is 16.5. The SMILES string of the molecule is CNCCOCCCC1CCCO1. The topological polar surface area (TPSA) is 30.5 Å². The molecule has 1 heterocycles. The average molecular weight is 187 g/mol. The van der Waals surface area contributed by atoms with Crippen LogP contribution < -0.4 is 5.32 Å². The zero-order chi connectivity index (χ0) is 9.36. The Labute approximate surface area is 80.8 Å². The molecule has 1 rings (SSSR count). The molecule has 0 aromatic rings. The molecule has 78 valence electrons. The van der Waals surface area contributed by atoms with Crippen LogP contribution in [0.15, 0.2) is 0 Å². The summed E-state index contributed by atoms with van der Waals surface area (Å²) in [6.45, 7) is 3.61. The second-order valence-electron chi connectivity index (χ2n) is 3.49. The van der Waals surface area contributed by atoms with Crippen molar-refractivity contribution in [2.24, 2.45) is 0 Å². The summed E-state index contributed by atoms with van der Waals surface area (Å²) in [6, 6.07) is 0. The molecule has 0 aromatic heterocycles. The number of nitrogens with one attached hydrogen (secondary N) is 1. The normalized spacial score (nSPS) is 22.4. The first-order chi connectivity index (χ1) is 6.43. The van der Waals surface area contributed by atoms with Crippen LogP contribution in [0.1, 0.15) is 25.7 Å². The van der Waals surface area contributed by atoms with Crippen molar-refractivity contribution in [3.63, 3.8) is 0 Å². The Morgan fingerprint density at radius 2 is 2.38 bits per heavy atom. The van der Waals surface area contributed by atoms with Crippen molar-refractivity contribution in [2.75, 3.05) is 33.4 Å². The van der Waals surface area contributed by atoms with E-state index in [2.05, 4.69) is 5.32 Å². The molecule has 1 unspecified atom stereocenters. The van der Waals surface area contributed by atoms with Crippen LogP contribution in [-0.4, -0.2) is 39.5 Å². The number of rotatable bonds is 7. The van der Waals surface area contributed by atoms with E-state index in [9.17, 15) is 0 Å².